The third-order valence-electron chi connectivity index (χ3n) is 5.46. The summed E-state index contributed by atoms with van der Waals surface area (Å²) in [6, 6.07) is 14.3. The van der Waals surface area contributed by atoms with Crippen molar-refractivity contribution in [3.8, 4) is 0 Å². The zero-order chi connectivity index (χ0) is 19.1. The molecule has 142 valence electrons. The summed E-state index contributed by atoms with van der Waals surface area (Å²) in [5.41, 5.74) is 3.25. The first kappa shape index (κ1) is 19.1. The van der Waals surface area contributed by atoms with Gasteiger partial charge in [0.15, 0.2) is 0 Å². The average molecular weight is 366 g/mol. The summed E-state index contributed by atoms with van der Waals surface area (Å²) in [6.45, 7) is 0. The van der Waals surface area contributed by atoms with Gasteiger partial charge < -0.3 is 5.21 Å². The van der Waals surface area contributed by atoms with Gasteiger partial charge in [0.2, 0.25) is 0 Å². The van der Waals surface area contributed by atoms with E-state index < -0.39 is 4.92 Å². The number of non-ortho nitro benzene ring substituents is 1. The first-order chi connectivity index (χ1) is 13.2. The largest absolute Gasteiger partial charge is 0.410 e. The molecule has 1 saturated carbocycles. The van der Waals surface area contributed by atoms with Crippen LogP contribution in [-0.2, 0) is 0 Å². The zero-order valence-corrected chi connectivity index (χ0v) is 15.5. The van der Waals surface area contributed by atoms with Crippen LogP contribution in [-0.4, -0.2) is 15.8 Å². The van der Waals surface area contributed by atoms with Gasteiger partial charge >= 0.3 is 0 Å². The zero-order valence-electron chi connectivity index (χ0n) is 15.5. The van der Waals surface area contributed by atoms with Crippen molar-refractivity contribution >= 4 is 11.4 Å². The third kappa shape index (κ3) is 4.94. The Morgan fingerprint density at radius 3 is 1.81 bits per heavy atom. The summed E-state index contributed by atoms with van der Waals surface area (Å²) in [6.07, 6.45) is 10.4. The molecule has 0 aromatic heterocycles. The molecule has 1 N–H and O–H groups in total. The Balaban J connectivity index is 1.77. The molecule has 0 amide bonds. The van der Waals surface area contributed by atoms with E-state index in [2.05, 4.69) is 17.3 Å². The average Bonchev–Trinajstić information content (AvgIpc) is 2.83. The fraction of sp³-hybridized carbons (Fsp3) is 0.409. The molecule has 2 aromatic rings. The minimum atomic E-state index is -0.439. The predicted octanol–water partition coefficient (Wildman–Crippen LogP) is 6.04. The Hall–Kier alpha value is -2.69. The van der Waals surface area contributed by atoms with E-state index >= 15 is 0 Å². The number of hydrogen-bond donors (Lipinski definition) is 1. The van der Waals surface area contributed by atoms with Crippen LogP contribution in [0.4, 0.5) is 5.69 Å². The Labute approximate surface area is 159 Å². The summed E-state index contributed by atoms with van der Waals surface area (Å²) >= 11 is 0. The minimum absolute atomic E-state index is 0.0200. The van der Waals surface area contributed by atoms with Crippen molar-refractivity contribution in [1.82, 2.24) is 0 Å². The molecule has 0 atom stereocenters. The summed E-state index contributed by atoms with van der Waals surface area (Å²) in [5.74, 6) is 0.603. The molecule has 0 aliphatic heterocycles. The molecule has 27 heavy (non-hydrogen) atoms. The number of benzene rings is 2. The van der Waals surface area contributed by atoms with E-state index in [4.69, 9.17) is 0 Å². The van der Waals surface area contributed by atoms with E-state index in [1.165, 1.54) is 69.1 Å². The molecular formula is C22H26N2O3. The smallest absolute Gasteiger partial charge is 0.269 e. The molecule has 3 rings (SSSR count). The molecule has 1 aliphatic rings. The molecule has 1 fully saturated rings. The molecule has 0 spiro atoms. The van der Waals surface area contributed by atoms with Crippen LogP contribution in [0.25, 0.3) is 0 Å². The molecule has 5 heteroatoms. The molecule has 2 aromatic carbocycles. The second-order valence-electron chi connectivity index (χ2n) is 7.27. The highest BCUT2D eigenvalue weighted by molar-refractivity contribution is 6.12. The van der Waals surface area contributed by atoms with E-state index in [1.54, 1.807) is 12.1 Å². The lowest BCUT2D eigenvalue weighted by atomic mass is 9.88. The van der Waals surface area contributed by atoms with Crippen molar-refractivity contribution in [1.29, 1.82) is 0 Å². The van der Waals surface area contributed by atoms with Crippen molar-refractivity contribution in [3.05, 3.63) is 75.3 Å². The molecule has 1 aliphatic carbocycles. The van der Waals surface area contributed by atoms with Crippen molar-refractivity contribution in [2.75, 3.05) is 0 Å². The van der Waals surface area contributed by atoms with Crippen molar-refractivity contribution in [2.45, 2.75) is 57.3 Å². The van der Waals surface area contributed by atoms with Gasteiger partial charge in [0.1, 0.15) is 5.71 Å². The summed E-state index contributed by atoms with van der Waals surface area (Å²) in [5, 5.41) is 23.7. The molecule has 0 bridgehead atoms. The second-order valence-corrected chi connectivity index (χ2v) is 7.27. The van der Waals surface area contributed by atoms with Crippen LogP contribution in [0.3, 0.4) is 0 Å². The topological polar surface area (TPSA) is 75.7 Å². The Bertz CT molecular complexity index is 772. The quantitative estimate of drug-likeness (QED) is 0.310. The van der Waals surface area contributed by atoms with Crippen LogP contribution in [0.2, 0.25) is 0 Å². The number of hydrogen-bond acceptors (Lipinski definition) is 4. The maximum Gasteiger partial charge on any atom is 0.269 e. The number of nitro benzene ring substituents is 1. The van der Waals surface area contributed by atoms with E-state index in [-0.39, 0.29) is 5.69 Å². The molecule has 0 unspecified atom stereocenters. The first-order valence-corrected chi connectivity index (χ1v) is 9.76. The highest BCUT2D eigenvalue weighted by atomic mass is 16.6. The van der Waals surface area contributed by atoms with Crippen LogP contribution >= 0.6 is 0 Å². The van der Waals surface area contributed by atoms with Gasteiger partial charge in [-0.25, -0.2) is 0 Å². The van der Waals surface area contributed by atoms with Gasteiger partial charge in [-0.2, -0.15) is 0 Å². The Morgan fingerprint density at radius 1 is 0.852 bits per heavy atom. The fourth-order valence-electron chi connectivity index (χ4n) is 3.90. The van der Waals surface area contributed by atoms with Gasteiger partial charge in [0.05, 0.1) is 4.92 Å². The number of nitrogens with zero attached hydrogens (tertiary/aromatic N) is 2. The van der Waals surface area contributed by atoms with Crippen LogP contribution in [0.1, 0.15) is 74.0 Å². The van der Waals surface area contributed by atoms with Crippen LogP contribution in [0.15, 0.2) is 53.7 Å². The van der Waals surface area contributed by atoms with Gasteiger partial charge in [0.25, 0.3) is 5.69 Å². The normalized spacial score (nSPS) is 17.0. The highest BCUT2D eigenvalue weighted by Crippen LogP contribution is 2.30. The molecule has 5 nitrogen and oxygen atoms in total. The molecule has 0 radical (unpaired) electrons. The van der Waals surface area contributed by atoms with Crippen molar-refractivity contribution < 1.29 is 10.1 Å². The fourth-order valence-corrected chi connectivity index (χ4v) is 3.90. The Morgan fingerprint density at radius 2 is 1.33 bits per heavy atom. The lowest BCUT2D eigenvalue weighted by Crippen LogP contribution is -2.05. The summed E-state index contributed by atoms with van der Waals surface area (Å²) in [4.78, 5) is 10.4. The monoisotopic (exact) mass is 366 g/mol. The minimum Gasteiger partial charge on any atom is -0.410 e. The predicted molar refractivity (Wildman–Crippen MR) is 107 cm³/mol. The number of nitro groups is 1. The lowest BCUT2D eigenvalue weighted by Gasteiger charge is -2.17. The molecule has 0 saturated heterocycles. The van der Waals surface area contributed by atoms with E-state index in [0.29, 0.717) is 17.2 Å². The van der Waals surface area contributed by atoms with Gasteiger partial charge in [0, 0.05) is 23.3 Å². The maximum atomic E-state index is 10.8. The highest BCUT2D eigenvalue weighted by Gasteiger charge is 2.15. The van der Waals surface area contributed by atoms with Gasteiger partial charge in [-0.1, -0.05) is 67.9 Å². The Kier molecular flexibility index (Phi) is 6.58. The SMILES string of the molecule is O=[N+]([O-])c1ccc(/C(=N/O)c2ccc(C3CCCCCCCC3)cc2)cc1. The van der Waals surface area contributed by atoms with Crippen molar-refractivity contribution in [3.63, 3.8) is 0 Å². The van der Waals surface area contributed by atoms with Crippen LogP contribution in [0, 0.1) is 10.1 Å². The number of rotatable bonds is 4. The van der Waals surface area contributed by atoms with Gasteiger partial charge in [-0.05, 0) is 36.5 Å². The van der Waals surface area contributed by atoms with Crippen LogP contribution < -0.4 is 0 Å². The lowest BCUT2D eigenvalue weighted by molar-refractivity contribution is -0.384. The maximum absolute atomic E-state index is 10.8. The van der Waals surface area contributed by atoms with Gasteiger partial charge in [-0.3, -0.25) is 10.1 Å². The number of oxime groups is 1. The second kappa shape index (κ2) is 9.31. The summed E-state index contributed by atoms with van der Waals surface area (Å²) < 4.78 is 0. The van der Waals surface area contributed by atoms with E-state index in [1.807, 2.05) is 12.1 Å². The molecular weight excluding hydrogens is 340 g/mol. The third-order valence-corrected chi connectivity index (χ3v) is 5.46. The summed E-state index contributed by atoms with van der Waals surface area (Å²) in [7, 11) is 0. The van der Waals surface area contributed by atoms with E-state index in [0.717, 1.165) is 5.56 Å². The first-order valence-electron chi connectivity index (χ1n) is 9.76. The van der Waals surface area contributed by atoms with Crippen molar-refractivity contribution in [2.24, 2.45) is 5.16 Å². The standard InChI is InChI=1S/C22H26N2O3/c25-23-22(20-13-15-21(16-14-20)24(26)27)19-11-9-18(10-12-19)17-7-5-3-1-2-4-6-8-17/h9-17,25H,1-8H2/b23-22+. The van der Waals surface area contributed by atoms with Crippen LogP contribution in [0.5, 0.6) is 0 Å². The van der Waals surface area contributed by atoms with E-state index in [9.17, 15) is 15.3 Å². The molecule has 0 heterocycles. The van der Waals surface area contributed by atoms with Gasteiger partial charge in [-0.15, -0.1) is 0 Å².